The Labute approximate surface area is 131 Å². The second-order valence-corrected chi connectivity index (χ2v) is 5.22. The molecule has 4 N–H and O–H groups in total. The van der Waals surface area contributed by atoms with Crippen LogP contribution in [-0.4, -0.2) is 53.9 Å². The highest BCUT2D eigenvalue weighted by molar-refractivity contribution is 5.97. The molecule has 23 heavy (non-hydrogen) atoms. The number of hydrogen-bond acceptors (Lipinski definition) is 6. The number of aliphatic carboxylic acids is 1. The molecule has 0 aliphatic carbocycles. The van der Waals surface area contributed by atoms with Gasteiger partial charge in [0.15, 0.2) is 17.0 Å². The molecule has 0 aliphatic rings. The number of anilines is 1. The Kier molecular flexibility index (Phi) is 4.74. The Balaban J connectivity index is 2.18. The zero-order valence-electron chi connectivity index (χ0n) is 12.9. The van der Waals surface area contributed by atoms with Crippen LogP contribution in [0.1, 0.15) is 19.2 Å². The minimum atomic E-state index is -1.23. The van der Waals surface area contributed by atoms with Gasteiger partial charge in [0, 0.05) is 13.5 Å². The number of nitrogens with zero attached hydrogens (tertiary/aromatic N) is 4. The van der Waals surface area contributed by atoms with Crippen molar-refractivity contribution in [2.75, 3.05) is 5.32 Å². The van der Waals surface area contributed by atoms with Crippen molar-refractivity contribution in [1.82, 2.24) is 24.8 Å². The summed E-state index contributed by atoms with van der Waals surface area (Å²) in [5.74, 6) is -0.607. The number of nitrogens with one attached hydrogen (secondary N) is 2. The molecule has 0 spiro atoms. The number of aryl methyl sites for hydroxylation is 2. The molecule has 2 aromatic heterocycles. The number of aliphatic hydroxyl groups is 1. The first-order valence-corrected chi connectivity index (χ1v) is 6.92. The van der Waals surface area contributed by atoms with Gasteiger partial charge in [-0.2, -0.15) is 0 Å². The predicted molar refractivity (Wildman–Crippen MR) is 80.9 cm³/mol. The SMILES string of the molecule is Cc1nc(NC(=O)NC(CC(C)O)C(=O)O)c2ncn(C)c2n1. The fourth-order valence-electron chi connectivity index (χ4n) is 2.07. The number of carboxylic acid groups (broad SMARTS) is 1. The molecule has 2 heterocycles. The standard InChI is InChI=1S/C13H18N6O4/c1-6(20)4-8(12(21)22)17-13(23)18-10-9-11(16-7(2)15-10)19(3)5-14-9/h5-6,8,20H,4H2,1-3H3,(H,21,22)(H2,15,16,17,18,23). The zero-order chi connectivity index (χ0) is 17.1. The van der Waals surface area contributed by atoms with E-state index in [1.54, 1.807) is 18.5 Å². The lowest BCUT2D eigenvalue weighted by atomic mass is 10.1. The van der Waals surface area contributed by atoms with Crippen LogP contribution in [0, 0.1) is 6.92 Å². The highest BCUT2D eigenvalue weighted by Crippen LogP contribution is 2.17. The first-order chi connectivity index (χ1) is 10.8. The Bertz CT molecular complexity index is 741. The third kappa shape index (κ3) is 3.92. The molecule has 0 saturated heterocycles. The summed E-state index contributed by atoms with van der Waals surface area (Å²) in [5.41, 5.74) is 0.946. The Morgan fingerprint density at radius 2 is 2.09 bits per heavy atom. The minimum Gasteiger partial charge on any atom is -0.480 e. The molecule has 0 saturated carbocycles. The minimum absolute atomic E-state index is 0.107. The van der Waals surface area contributed by atoms with Gasteiger partial charge in [-0.25, -0.2) is 24.5 Å². The number of urea groups is 1. The van der Waals surface area contributed by atoms with Gasteiger partial charge >= 0.3 is 12.0 Å². The monoisotopic (exact) mass is 322 g/mol. The summed E-state index contributed by atoms with van der Waals surface area (Å²) in [5, 5.41) is 23.1. The van der Waals surface area contributed by atoms with Gasteiger partial charge in [0.05, 0.1) is 12.4 Å². The van der Waals surface area contributed by atoms with Gasteiger partial charge in [-0.1, -0.05) is 0 Å². The van der Waals surface area contributed by atoms with Crippen molar-refractivity contribution in [3.63, 3.8) is 0 Å². The average Bonchev–Trinajstić information content (AvgIpc) is 2.79. The lowest BCUT2D eigenvalue weighted by Gasteiger charge is -2.16. The van der Waals surface area contributed by atoms with Crippen molar-refractivity contribution < 1.29 is 19.8 Å². The number of fused-ring (bicyclic) bond motifs is 1. The first-order valence-electron chi connectivity index (χ1n) is 6.92. The summed E-state index contributed by atoms with van der Waals surface area (Å²) in [6, 6.07) is -1.96. The summed E-state index contributed by atoms with van der Waals surface area (Å²) in [7, 11) is 1.76. The fourth-order valence-corrected chi connectivity index (χ4v) is 2.07. The van der Waals surface area contributed by atoms with Gasteiger partial charge in [-0.05, 0) is 13.8 Å². The van der Waals surface area contributed by atoms with E-state index in [1.165, 1.54) is 13.3 Å². The van der Waals surface area contributed by atoms with E-state index in [0.717, 1.165) is 0 Å². The normalized spacial score (nSPS) is 13.6. The average molecular weight is 322 g/mol. The number of carbonyl (C=O) groups is 2. The highest BCUT2D eigenvalue weighted by Gasteiger charge is 2.22. The third-order valence-corrected chi connectivity index (χ3v) is 3.08. The van der Waals surface area contributed by atoms with Crippen LogP contribution in [0.3, 0.4) is 0 Å². The van der Waals surface area contributed by atoms with Gasteiger partial charge in [0.1, 0.15) is 11.9 Å². The summed E-state index contributed by atoms with van der Waals surface area (Å²) >= 11 is 0. The van der Waals surface area contributed by atoms with Crippen molar-refractivity contribution in [3.05, 3.63) is 12.2 Å². The van der Waals surface area contributed by atoms with E-state index in [-0.39, 0.29) is 12.2 Å². The van der Waals surface area contributed by atoms with Crippen LogP contribution in [0.15, 0.2) is 6.33 Å². The Morgan fingerprint density at radius 3 is 2.70 bits per heavy atom. The number of hydrogen-bond donors (Lipinski definition) is 4. The molecular formula is C13H18N6O4. The van der Waals surface area contributed by atoms with Crippen LogP contribution >= 0.6 is 0 Å². The van der Waals surface area contributed by atoms with Gasteiger partial charge in [-0.3, -0.25) is 5.32 Å². The molecule has 10 nitrogen and oxygen atoms in total. The molecule has 2 atom stereocenters. The topological polar surface area (TPSA) is 142 Å². The molecule has 0 aliphatic heterocycles. The molecule has 2 unspecified atom stereocenters. The summed E-state index contributed by atoms with van der Waals surface area (Å²) < 4.78 is 1.68. The molecular weight excluding hydrogens is 304 g/mol. The number of aliphatic hydroxyl groups excluding tert-OH is 1. The maximum Gasteiger partial charge on any atom is 0.326 e. The molecule has 10 heteroatoms. The summed E-state index contributed by atoms with van der Waals surface area (Å²) in [6.45, 7) is 3.11. The predicted octanol–water partition coefficient (Wildman–Crippen LogP) is 0.0173. The number of carboxylic acids is 1. The molecule has 2 rings (SSSR count). The van der Waals surface area contributed by atoms with Crippen LogP contribution in [0.2, 0.25) is 0 Å². The summed E-state index contributed by atoms with van der Waals surface area (Å²) in [4.78, 5) is 35.6. The quantitative estimate of drug-likeness (QED) is 0.607. The molecule has 2 amide bonds. The van der Waals surface area contributed by atoms with Gasteiger partial charge < -0.3 is 20.1 Å². The van der Waals surface area contributed by atoms with Crippen LogP contribution in [0.25, 0.3) is 11.2 Å². The van der Waals surface area contributed by atoms with Crippen LogP contribution in [-0.2, 0) is 11.8 Å². The molecule has 0 radical (unpaired) electrons. The van der Waals surface area contributed by atoms with Crippen LogP contribution in [0.4, 0.5) is 10.6 Å². The number of carbonyl (C=O) groups excluding carboxylic acids is 1. The molecule has 0 aromatic carbocycles. The van der Waals surface area contributed by atoms with Crippen LogP contribution in [0.5, 0.6) is 0 Å². The number of imidazole rings is 1. The fraction of sp³-hybridized carbons (Fsp3) is 0.462. The second-order valence-electron chi connectivity index (χ2n) is 5.22. The van der Waals surface area contributed by atoms with E-state index in [2.05, 4.69) is 25.6 Å². The molecule has 2 aromatic rings. The van der Waals surface area contributed by atoms with E-state index in [0.29, 0.717) is 17.0 Å². The van der Waals surface area contributed by atoms with E-state index >= 15 is 0 Å². The smallest absolute Gasteiger partial charge is 0.326 e. The zero-order valence-corrected chi connectivity index (χ0v) is 12.9. The van der Waals surface area contributed by atoms with E-state index in [9.17, 15) is 14.7 Å². The first kappa shape index (κ1) is 16.6. The van der Waals surface area contributed by atoms with E-state index in [4.69, 9.17) is 5.11 Å². The maximum atomic E-state index is 12.0. The Hall–Kier alpha value is -2.75. The second kappa shape index (κ2) is 6.57. The number of aromatic nitrogens is 4. The lowest BCUT2D eigenvalue weighted by molar-refractivity contribution is -0.139. The van der Waals surface area contributed by atoms with Crippen molar-refractivity contribution in [2.24, 2.45) is 7.05 Å². The largest absolute Gasteiger partial charge is 0.480 e. The lowest BCUT2D eigenvalue weighted by Crippen LogP contribution is -2.44. The number of rotatable bonds is 5. The highest BCUT2D eigenvalue weighted by atomic mass is 16.4. The third-order valence-electron chi connectivity index (χ3n) is 3.08. The molecule has 0 bridgehead atoms. The van der Waals surface area contributed by atoms with Crippen molar-refractivity contribution in [2.45, 2.75) is 32.4 Å². The van der Waals surface area contributed by atoms with Gasteiger partial charge in [-0.15, -0.1) is 0 Å². The summed E-state index contributed by atoms with van der Waals surface area (Å²) in [6.07, 6.45) is 0.570. The molecule has 0 fully saturated rings. The van der Waals surface area contributed by atoms with Gasteiger partial charge in [0.25, 0.3) is 0 Å². The van der Waals surface area contributed by atoms with Crippen LogP contribution < -0.4 is 10.6 Å². The molecule has 124 valence electrons. The van der Waals surface area contributed by atoms with E-state index in [1.807, 2.05) is 0 Å². The Morgan fingerprint density at radius 1 is 1.39 bits per heavy atom. The van der Waals surface area contributed by atoms with Crippen molar-refractivity contribution in [3.8, 4) is 0 Å². The van der Waals surface area contributed by atoms with Crippen molar-refractivity contribution in [1.29, 1.82) is 0 Å². The maximum absolute atomic E-state index is 12.0. The van der Waals surface area contributed by atoms with Gasteiger partial charge in [0.2, 0.25) is 0 Å². The van der Waals surface area contributed by atoms with Crippen molar-refractivity contribution >= 4 is 29.0 Å². The number of amides is 2. The van der Waals surface area contributed by atoms with E-state index < -0.39 is 24.1 Å².